The molecule has 13 nitrogen and oxygen atoms in total. The smallest absolute Gasteiger partial charge is 0.405 e. The number of allylic oxidation sites excluding steroid dienone is 4. The lowest BCUT2D eigenvalue weighted by Gasteiger charge is -2.32. The van der Waals surface area contributed by atoms with Crippen molar-refractivity contribution in [1.82, 2.24) is 5.32 Å². The van der Waals surface area contributed by atoms with Crippen molar-refractivity contribution in [2.24, 2.45) is 23.3 Å². The van der Waals surface area contributed by atoms with Gasteiger partial charge in [0.05, 0.1) is 25.5 Å². The third kappa shape index (κ3) is 9.46. The van der Waals surface area contributed by atoms with Crippen LogP contribution in [0.1, 0.15) is 40.5 Å². The number of ether oxygens (including phenoxy) is 5. The SMILES string of the molecule is COC1=C2CC(C)CC(OC)C(OC(=O)CN)[C@H](C)/C=C(\C)C(OC(N)=O)C(OC)/C=C\C=C(/C)C(=O)NC(=CC1=O)C2=O. The zero-order valence-electron chi connectivity index (χ0n) is 26.2. The van der Waals surface area contributed by atoms with E-state index in [2.05, 4.69) is 5.32 Å². The topological polar surface area (TPSA) is 196 Å². The molecular formula is C31H43N3O10. The lowest BCUT2D eigenvalue weighted by atomic mass is 9.85. The lowest BCUT2D eigenvalue weighted by Crippen LogP contribution is -2.41. The lowest BCUT2D eigenvalue weighted by molar-refractivity contribution is -0.158. The van der Waals surface area contributed by atoms with Gasteiger partial charge < -0.3 is 40.5 Å². The first-order valence-corrected chi connectivity index (χ1v) is 14.1. The molecule has 2 bridgehead atoms. The Labute approximate surface area is 257 Å². The van der Waals surface area contributed by atoms with Crippen molar-refractivity contribution >= 4 is 29.5 Å². The van der Waals surface area contributed by atoms with Crippen LogP contribution < -0.4 is 16.8 Å². The average molecular weight is 618 g/mol. The van der Waals surface area contributed by atoms with E-state index in [0.717, 1.165) is 6.08 Å². The van der Waals surface area contributed by atoms with Gasteiger partial charge in [-0.2, -0.15) is 0 Å². The predicted molar refractivity (Wildman–Crippen MR) is 159 cm³/mol. The number of methoxy groups -OCH3 is 3. The normalized spacial score (nSPS) is 30.6. The van der Waals surface area contributed by atoms with Crippen molar-refractivity contribution in [2.45, 2.75) is 65.0 Å². The summed E-state index contributed by atoms with van der Waals surface area (Å²) in [6, 6.07) is 0. The molecule has 0 aromatic rings. The Hall–Kier alpha value is -4.07. The molecule has 0 fully saturated rings. The van der Waals surface area contributed by atoms with E-state index in [-0.39, 0.29) is 47.9 Å². The Morgan fingerprint density at radius 1 is 1.05 bits per heavy atom. The summed E-state index contributed by atoms with van der Waals surface area (Å²) >= 11 is 0. The minimum absolute atomic E-state index is 0.100. The number of primary amides is 1. The van der Waals surface area contributed by atoms with Crippen molar-refractivity contribution < 1.29 is 47.7 Å². The van der Waals surface area contributed by atoms with Crippen LogP contribution in [0.2, 0.25) is 0 Å². The standard InChI is InChI=1S/C31H43N3O10/c1-16-11-20-26(37)21(14-22(35)29(20)42-7)34-30(38)17(2)9-8-10-23(40-5)27(44-31(33)39)18(3)13-19(4)28(24(12-16)41-6)43-25(36)15-32/h8-10,13-14,16,19,23-24,27-28H,11-12,15,32H2,1-7H3,(H2,33,39)(H,34,38)/b10-8-,17-9+,18-13+/t16?,19-,23?,24?,27?,28?/m1/s1. The highest BCUT2D eigenvalue weighted by atomic mass is 16.6. The Balaban J connectivity index is 2.71. The van der Waals surface area contributed by atoms with E-state index < -0.39 is 59.9 Å². The molecule has 0 aromatic carbocycles. The Morgan fingerprint density at radius 2 is 1.73 bits per heavy atom. The fourth-order valence-electron chi connectivity index (χ4n) is 5.15. The molecule has 1 aliphatic heterocycles. The highest BCUT2D eigenvalue weighted by Gasteiger charge is 2.35. The van der Waals surface area contributed by atoms with Crippen molar-refractivity contribution in [3.05, 3.63) is 58.6 Å². The second-order valence-electron chi connectivity index (χ2n) is 10.8. The first-order valence-electron chi connectivity index (χ1n) is 14.1. The maximum absolute atomic E-state index is 13.5. The summed E-state index contributed by atoms with van der Waals surface area (Å²) in [5.74, 6) is -3.28. The Morgan fingerprint density at radius 3 is 2.30 bits per heavy atom. The van der Waals surface area contributed by atoms with Gasteiger partial charge in [-0.15, -0.1) is 0 Å². The van der Waals surface area contributed by atoms with Crippen LogP contribution in [0.3, 0.4) is 0 Å². The number of amides is 2. The zero-order chi connectivity index (χ0) is 33.1. The van der Waals surface area contributed by atoms with Crippen LogP contribution >= 0.6 is 0 Å². The summed E-state index contributed by atoms with van der Waals surface area (Å²) in [7, 11) is 4.17. The molecule has 2 aliphatic rings. The number of nitrogens with one attached hydrogen (secondary N) is 1. The number of hydrogen-bond donors (Lipinski definition) is 3. The van der Waals surface area contributed by atoms with E-state index >= 15 is 0 Å². The van der Waals surface area contributed by atoms with E-state index in [0.29, 0.717) is 5.57 Å². The van der Waals surface area contributed by atoms with E-state index in [1.165, 1.54) is 40.4 Å². The number of fused-ring (bicyclic) bond motifs is 2. The monoisotopic (exact) mass is 617 g/mol. The largest absolute Gasteiger partial charge is 0.492 e. The van der Waals surface area contributed by atoms with Crippen LogP contribution in [0.25, 0.3) is 0 Å². The third-order valence-corrected chi connectivity index (χ3v) is 7.35. The summed E-state index contributed by atoms with van der Waals surface area (Å²) in [6.07, 6.45) is 3.37. The van der Waals surface area contributed by atoms with Gasteiger partial charge in [-0.25, -0.2) is 4.79 Å². The molecular weight excluding hydrogens is 574 g/mol. The molecule has 242 valence electrons. The van der Waals surface area contributed by atoms with Crippen LogP contribution in [0.15, 0.2) is 58.6 Å². The molecule has 0 saturated heterocycles. The van der Waals surface area contributed by atoms with Gasteiger partial charge in [-0.05, 0) is 38.2 Å². The van der Waals surface area contributed by atoms with Crippen molar-refractivity contribution in [1.29, 1.82) is 0 Å². The van der Waals surface area contributed by atoms with E-state index in [4.69, 9.17) is 35.2 Å². The summed E-state index contributed by atoms with van der Waals surface area (Å²) in [6.45, 7) is 6.51. The number of nitrogens with two attached hydrogens (primary N) is 2. The van der Waals surface area contributed by atoms with E-state index in [9.17, 15) is 24.0 Å². The van der Waals surface area contributed by atoms with Gasteiger partial charge in [0.15, 0.2) is 11.9 Å². The van der Waals surface area contributed by atoms with Crippen LogP contribution in [0.5, 0.6) is 0 Å². The van der Waals surface area contributed by atoms with Crippen molar-refractivity contribution in [2.75, 3.05) is 27.9 Å². The number of rotatable bonds is 6. The number of carbonyl (C=O) groups is 5. The number of Topliss-reactive ketones (excluding diaryl/α,β-unsaturated/α-hetero) is 1. The Bertz CT molecular complexity index is 1280. The zero-order valence-corrected chi connectivity index (χ0v) is 26.2. The fraction of sp³-hybridized carbons (Fsp3) is 0.516. The molecule has 1 heterocycles. The number of carbonyl (C=O) groups excluding carboxylic acids is 5. The fourth-order valence-corrected chi connectivity index (χ4v) is 5.15. The Kier molecular flexibility index (Phi) is 13.7. The molecule has 0 aromatic heterocycles. The van der Waals surface area contributed by atoms with Gasteiger partial charge in [0.2, 0.25) is 11.6 Å². The van der Waals surface area contributed by atoms with Crippen LogP contribution in [-0.2, 0) is 42.9 Å². The molecule has 5 N–H and O–H groups in total. The summed E-state index contributed by atoms with van der Waals surface area (Å²) in [4.78, 5) is 63.5. The maximum Gasteiger partial charge on any atom is 0.405 e. The predicted octanol–water partition coefficient (Wildman–Crippen LogP) is 1.92. The van der Waals surface area contributed by atoms with Crippen LogP contribution in [0, 0.1) is 11.8 Å². The van der Waals surface area contributed by atoms with Gasteiger partial charge in [0, 0.05) is 37.4 Å². The number of ketones is 2. The molecule has 6 atom stereocenters. The third-order valence-electron chi connectivity index (χ3n) is 7.35. The van der Waals surface area contributed by atoms with E-state index in [1.54, 1.807) is 26.0 Å². The van der Waals surface area contributed by atoms with E-state index in [1.807, 2.05) is 6.92 Å². The second kappa shape index (κ2) is 16.7. The second-order valence-corrected chi connectivity index (χ2v) is 10.8. The molecule has 2 rings (SSSR count). The minimum atomic E-state index is -1.03. The molecule has 0 saturated carbocycles. The van der Waals surface area contributed by atoms with Gasteiger partial charge in [0.1, 0.15) is 12.2 Å². The van der Waals surface area contributed by atoms with Gasteiger partial charge in [-0.1, -0.05) is 38.2 Å². The minimum Gasteiger partial charge on any atom is -0.492 e. The van der Waals surface area contributed by atoms with Gasteiger partial charge in [0.25, 0.3) is 5.91 Å². The molecule has 0 spiro atoms. The molecule has 1 aliphatic carbocycles. The molecule has 2 amide bonds. The summed E-state index contributed by atoms with van der Waals surface area (Å²) < 4.78 is 27.8. The highest BCUT2D eigenvalue weighted by molar-refractivity contribution is 6.23. The maximum atomic E-state index is 13.5. The van der Waals surface area contributed by atoms with Gasteiger partial charge in [-0.3, -0.25) is 19.2 Å². The summed E-state index contributed by atoms with van der Waals surface area (Å²) in [5, 5.41) is 2.52. The molecule has 0 radical (unpaired) electrons. The first-order chi connectivity index (χ1) is 20.8. The quantitative estimate of drug-likeness (QED) is 0.224. The number of esters is 1. The van der Waals surface area contributed by atoms with Crippen LogP contribution in [0.4, 0.5) is 4.79 Å². The van der Waals surface area contributed by atoms with Crippen LogP contribution in [-0.4, -0.2) is 81.8 Å². The van der Waals surface area contributed by atoms with Gasteiger partial charge >= 0.3 is 12.1 Å². The molecule has 13 heteroatoms. The molecule has 44 heavy (non-hydrogen) atoms. The van der Waals surface area contributed by atoms with Crippen molar-refractivity contribution in [3.8, 4) is 0 Å². The molecule has 5 unspecified atom stereocenters. The highest BCUT2D eigenvalue weighted by Crippen LogP contribution is 2.30. The van der Waals surface area contributed by atoms with Crippen molar-refractivity contribution in [3.63, 3.8) is 0 Å². The number of hydrogen-bond acceptors (Lipinski definition) is 11. The summed E-state index contributed by atoms with van der Waals surface area (Å²) in [5.41, 5.74) is 11.6. The first kappa shape index (κ1) is 36.1. The average Bonchev–Trinajstić information content (AvgIpc) is 2.97.